The molecule has 2 aromatic rings. The Morgan fingerprint density at radius 2 is 1.70 bits per heavy atom. The summed E-state index contributed by atoms with van der Waals surface area (Å²) in [5.41, 5.74) is 1.79. The maximum absolute atomic E-state index is 12.3. The molecule has 1 N–H and O–H groups in total. The molecule has 0 aromatic heterocycles. The molecular weight excluding hydrogens is 354 g/mol. The van der Waals surface area contributed by atoms with Crippen molar-refractivity contribution in [1.29, 1.82) is 0 Å². The van der Waals surface area contributed by atoms with Gasteiger partial charge in [0.1, 0.15) is 5.75 Å². The van der Waals surface area contributed by atoms with Crippen LogP contribution >= 0.6 is 15.9 Å². The Morgan fingerprint density at radius 1 is 1.09 bits per heavy atom. The van der Waals surface area contributed by atoms with Crippen molar-refractivity contribution in [2.45, 2.75) is 39.2 Å². The number of halogens is 1. The minimum Gasteiger partial charge on any atom is -0.481 e. The second kappa shape index (κ2) is 7.18. The summed E-state index contributed by atoms with van der Waals surface area (Å²) >= 11 is 3.37. The fourth-order valence-corrected chi connectivity index (χ4v) is 2.47. The first kappa shape index (κ1) is 17.5. The van der Waals surface area contributed by atoms with Gasteiger partial charge in [0.2, 0.25) is 0 Å². The molecule has 0 saturated carbocycles. The molecule has 0 saturated heterocycles. The summed E-state index contributed by atoms with van der Waals surface area (Å²) in [5.74, 6) is 0.578. The Bertz CT molecular complexity index is 675. The maximum Gasteiger partial charge on any atom is 0.265 e. The standard InChI is InChI=1S/C19H22BrNO2/c1-13(18(22)21-15-11-9-14(20)10-12-15)23-17-8-6-5-7-16(17)19(2,3)4/h5-13H,1-4H3,(H,21,22). The molecule has 0 heterocycles. The van der Waals surface area contributed by atoms with Gasteiger partial charge in [0.15, 0.2) is 6.10 Å². The fourth-order valence-electron chi connectivity index (χ4n) is 2.21. The SMILES string of the molecule is CC(Oc1ccccc1C(C)(C)C)C(=O)Nc1ccc(Br)cc1. The largest absolute Gasteiger partial charge is 0.481 e. The number of nitrogens with one attached hydrogen (secondary N) is 1. The molecule has 2 rings (SSSR count). The van der Waals surface area contributed by atoms with E-state index in [0.717, 1.165) is 21.5 Å². The molecule has 0 radical (unpaired) electrons. The second-order valence-electron chi connectivity index (χ2n) is 6.50. The summed E-state index contributed by atoms with van der Waals surface area (Å²) in [4.78, 5) is 12.3. The van der Waals surface area contributed by atoms with Crippen LogP contribution < -0.4 is 10.1 Å². The molecule has 0 bridgehead atoms. The van der Waals surface area contributed by atoms with Gasteiger partial charge in [-0.2, -0.15) is 0 Å². The number of benzene rings is 2. The molecule has 0 aliphatic rings. The summed E-state index contributed by atoms with van der Waals surface area (Å²) in [7, 11) is 0. The number of ether oxygens (including phenoxy) is 1. The molecular formula is C19H22BrNO2. The lowest BCUT2D eigenvalue weighted by Gasteiger charge is -2.24. The van der Waals surface area contributed by atoms with Crippen molar-refractivity contribution < 1.29 is 9.53 Å². The van der Waals surface area contributed by atoms with E-state index in [1.54, 1.807) is 6.92 Å². The molecule has 4 heteroatoms. The van der Waals surface area contributed by atoms with Crippen LogP contribution in [-0.2, 0) is 10.2 Å². The second-order valence-corrected chi connectivity index (χ2v) is 7.42. The Hall–Kier alpha value is -1.81. The maximum atomic E-state index is 12.3. The van der Waals surface area contributed by atoms with Gasteiger partial charge in [0.25, 0.3) is 5.91 Å². The van der Waals surface area contributed by atoms with E-state index in [4.69, 9.17) is 4.74 Å². The zero-order chi connectivity index (χ0) is 17.0. The Balaban J connectivity index is 2.08. The smallest absolute Gasteiger partial charge is 0.265 e. The summed E-state index contributed by atoms with van der Waals surface area (Å²) in [6, 6.07) is 15.3. The molecule has 0 spiro atoms. The van der Waals surface area contributed by atoms with Crippen molar-refractivity contribution in [2.24, 2.45) is 0 Å². The van der Waals surface area contributed by atoms with E-state index in [1.165, 1.54) is 0 Å². The molecule has 0 aliphatic carbocycles. The van der Waals surface area contributed by atoms with Gasteiger partial charge in [-0.15, -0.1) is 0 Å². The van der Waals surface area contributed by atoms with Crippen LogP contribution in [0.25, 0.3) is 0 Å². The van der Waals surface area contributed by atoms with E-state index >= 15 is 0 Å². The van der Waals surface area contributed by atoms with Gasteiger partial charge in [0, 0.05) is 10.2 Å². The summed E-state index contributed by atoms with van der Waals surface area (Å²) in [6.45, 7) is 8.14. The predicted octanol–water partition coefficient (Wildman–Crippen LogP) is 5.15. The van der Waals surface area contributed by atoms with E-state index in [1.807, 2.05) is 48.5 Å². The van der Waals surface area contributed by atoms with Gasteiger partial charge in [-0.25, -0.2) is 0 Å². The van der Waals surface area contributed by atoms with E-state index < -0.39 is 6.10 Å². The highest BCUT2D eigenvalue weighted by molar-refractivity contribution is 9.10. The van der Waals surface area contributed by atoms with Crippen LogP contribution in [0, 0.1) is 0 Å². The van der Waals surface area contributed by atoms with Crippen LogP contribution in [0.1, 0.15) is 33.3 Å². The highest BCUT2D eigenvalue weighted by atomic mass is 79.9. The molecule has 23 heavy (non-hydrogen) atoms. The normalized spacial score (nSPS) is 12.6. The number of anilines is 1. The van der Waals surface area contributed by atoms with Crippen molar-refractivity contribution in [3.63, 3.8) is 0 Å². The lowest BCUT2D eigenvalue weighted by molar-refractivity contribution is -0.122. The molecule has 2 aromatic carbocycles. The summed E-state index contributed by atoms with van der Waals surface area (Å²) < 4.78 is 6.88. The first-order valence-electron chi connectivity index (χ1n) is 7.60. The highest BCUT2D eigenvalue weighted by Gasteiger charge is 2.22. The molecule has 3 nitrogen and oxygen atoms in total. The first-order chi connectivity index (χ1) is 10.8. The van der Waals surface area contributed by atoms with Crippen LogP contribution in [0.3, 0.4) is 0 Å². The molecule has 0 aliphatic heterocycles. The van der Waals surface area contributed by atoms with E-state index in [9.17, 15) is 4.79 Å². The average Bonchev–Trinajstić information content (AvgIpc) is 2.49. The number of carbonyl (C=O) groups is 1. The zero-order valence-corrected chi connectivity index (χ0v) is 15.5. The highest BCUT2D eigenvalue weighted by Crippen LogP contribution is 2.31. The third kappa shape index (κ3) is 4.83. The van der Waals surface area contributed by atoms with Crippen LogP contribution in [0.5, 0.6) is 5.75 Å². The minimum absolute atomic E-state index is 0.0432. The Labute approximate surface area is 146 Å². The minimum atomic E-state index is -0.581. The lowest BCUT2D eigenvalue weighted by atomic mass is 9.86. The lowest BCUT2D eigenvalue weighted by Crippen LogP contribution is -2.31. The van der Waals surface area contributed by atoms with Crippen LogP contribution in [0.2, 0.25) is 0 Å². The molecule has 122 valence electrons. The number of rotatable bonds is 4. The monoisotopic (exact) mass is 375 g/mol. The van der Waals surface area contributed by atoms with E-state index in [2.05, 4.69) is 42.0 Å². The van der Waals surface area contributed by atoms with Crippen molar-refractivity contribution in [1.82, 2.24) is 0 Å². The third-order valence-electron chi connectivity index (χ3n) is 3.48. The van der Waals surface area contributed by atoms with Crippen LogP contribution in [0.15, 0.2) is 53.0 Å². The van der Waals surface area contributed by atoms with Crippen molar-refractivity contribution in [3.05, 3.63) is 58.6 Å². The number of amides is 1. The number of carbonyl (C=O) groups excluding carboxylic acids is 1. The average molecular weight is 376 g/mol. The van der Waals surface area contributed by atoms with Gasteiger partial charge in [-0.3, -0.25) is 4.79 Å². The zero-order valence-electron chi connectivity index (χ0n) is 13.9. The van der Waals surface area contributed by atoms with Crippen molar-refractivity contribution in [3.8, 4) is 5.75 Å². The van der Waals surface area contributed by atoms with Crippen molar-refractivity contribution >= 4 is 27.5 Å². The van der Waals surface area contributed by atoms with E-state index in [-0.39, 0.29) is 11.3 Å². The number of para-hydroxylation sites is 1. The van der Waals surface area contributed by atoms with E-state index in [0.29, 0.717) is 0 Å². The molecule has 1 unspecified atom stereocenters. The molecule has 1 atom stereocenters. The van der Waals surface area contributed by atoms with Gasteiger partial charge in [-0.1, -0.05) is 54.9 Å². The third-order valence-corrected chi connectivity index (χ3v) is 4.01. The number of hydrogen-bond donors (Lipinski definition) is 1. The molecule has 1 amide bonds. The Morgan fingerprint density at radius 3 is 2.30 bits per heavy atom. The van der Waals surface area contributed by atoms with Gasteiger partial charge in [-0.05, 0) is 48.2 Å². The van der Waals surface area contributed by atoms with Gasteiger partial charge in [0.05, 0.1) is 0 Å². The predicted molar refractivity (Wildman–Crippen MR) is 98.0 cm³/mol. The summed E-state index contributed by atoms with van der Waals surface area (Å²) in [6.07, 6.45) is -0.581. The van der Waals surface area contributed by atoms with Crippen LogP contribution in [-0.4, -0.2) is 12.0 Å². The Kier molecular flexibility index (Phi) is 5.47. The van der Waals surface area contributed by atoms with Gasteiger partial charge < -0.3 is 10.1 Å². The van der Waals surface area contributed by atoms with Crippen LogP contribution in [0.4, 0.5) is 5.69 Å². The van der Waals surface area contributed by atoms with Crippen molar-refractivity contribution in [2.75, 3.05) is 5.32 Å². The fraction of sp³-hybridized carbons (Fsp3) is 0.316. The first-order valence-corrected chi connectivity index (χ1v) is 8.39. The topological polar surface area (TPSA) is 38.3 Å². The summed E-state index contributed by atoms with van der Waals surface area (Å²) in [5, 5.41) is 2.86. The van der Waals surface area contributed by atoms with Gasteiger partial charge >= 0.3 is 0 Å². The quantitative estimate of drug-likeness (QED) is 0.801. The number of hydrogen-bond acceptors (Lipinski definition) is 2. The molecule has 0 fully saturated rings.